The fourth-order valence-electron chi connectivity index (χ4n) is 2.84. The van der Waals surface area contributed by atoms with Crippen LogP contribution in [0, 0.1) is 17.1 Å². The van der Waals surface area contributed by atoms with Crippen molar-refractivity contribution in [3.8, 4) is 17.6 Å². The van der Waals surface area contributed by atoms with Gasteiger partial charge >= 0.3 is 0 Å². The van der Waals surface area contributed by atoms with Crippen LogP contribution >= 0.6 is 0 Å². The van der Waals surface area contributed by atoms with Crippen LogP contribution in [0.4, 0.5) is 10.2 Å². The van der Waals surface area contributed by atoms with Gasteiger partial charge in [0.25, 0.3) is 0 Å². The molecule has 0 saturated carbocycles. The molecule has 0 radical (unpaired) electrons. The highest BCUT2D eigenvalue weighted by Gasteiger charge is 2.15. The number of imidazole rings is 1. The molecule has 0 spiro atoms. The molecule has 3 heterocycles. The molecule has 0 aliphatic heterocycles. The van der Waals surface area contributed by atoms with E-state index in [0.29, 0.717) is 28.5 Å². The molecule has 3 rings (SSSR count). The Morgan fingerprint density at radius 1 is 1.27 bits per heavy atom. The van der Waals surface area contributed by atoms with Crippen LogP contribution < -0.4 is 5.32 Å². The van der Waals surface area contributed by atoms with Crippen LogP contribution in [-0.4, -0.2) is 25.4 Å². The molecular weight excluding hydrogens is 331 g/mol. The minimum absolute atomic E-state index is 0.240. The van der Waals surface area contributed by atoms with Gasteiger partial charge in [-0.2, -0.15) is 5.26 Å². The first kappa shape index (κ1) is 17.8. The van der Waals surface area contributed by atoms with Crippen molar-refractivity contribution in [3.05, 3.63) is 42.1 Å². The minimum atomic E-state index is -0.366. The molecule has 0 fully saturated rings. The van der Waals surface area contributed by atoms with Gasteiger partial charge < -0.3 is 5.32 Å². The standard InChI is InChI=1S/C19H21FN6/c1-3-5-6-15(4-2)24-18-13(9-21)10-23-19(25-18)16-11-22-17-8-7-14(20)12-26(16)17/h7-8,10-12,15H,3-6H2,1-2H3,(H,23,24,25). The SMILES string of the molecule is CCCCC(CC)Nc1nc(-c2cnc3ccc(F)cn23)ncc1C#N. The largest absolute Gasteiger partial charge is 0.366 e. The van der Waals surface area contributed by atoms with Crippen LogP contribution in [0.5, 0.6) is 0 Å². The van der Waals surface area contributed by atoms with Crippen molar-refractivity contribution in [1.29, 1.82) is 5.26 Å². The van der Waals surface area contributed by atoms with Crippen LogP contribution in [0.1, 0.15) is 45.1 Å². The van der Waals surface area contributed by atoms with Crippen molar-refractivity contribution in [3.63, 3.8) is 0 Å². The van der Waals surface area contributed by atoms with Gasteiger partial charge in [0.1, 0.15) is 34.6 Å². The van der Waals surface area contributed by atoms with E-state index >= 15 is 0 Å². The predicted octanol–water partition coefficient (Wildman–Crippen LogP) is 4.18. The molecule has 0 saturated heterocycles. The van der Waals surface area contributed by atoms with Gasteiger partial charge in [-0.1, -0.05) is 26.7 Å². The summed E-state index contributed by atoms with van der Waals surface area (Å²) in [4.78, 5) is 13.1. The van der Waals surface area contributed by atoms with Crippen LogP contribution in [0.3, 0.4) is 0 Å². The lowest BCUT2D eigenvalue weighted by Crippen LogP contribution is -2.20. The Balaban J connectivity index is 1.98. The molecule has 0 aliphatic carbocycles. The summed E-state index contributed by atoms with van der Waals surface area (Å²) in [5.74, 6) is 0.538. The molecule has 0 amide bonds. The fraction of sp³-hybridized carbons (Fsp3) is 0.368. The van der Waals surface area contributed by atoms with E-state index in [-0.39, 0.29) is 11.9 Å². The average molecular weight is 352 g/mol. The molecule has 26 heavy (non-hydrogen) atoms. The number of aromatic nitrogens is 4. The quantitative estimate of drug-likeness (QED) is 0.690. The monoisotopic (exact) mass is 352 g/mol. The lowest BCUT2D eigenvalue weighted by molar-refractivity contribution is 0.591. The molecular formula is C19H21FN6. The van der Waals surface area contributed by atoms with Gasteiger partial charge in [-0.3, -0.25) is 4.40 Å². The summed E-state index contributed by atoms with van der Waals surface area (Å²) in [6, 6.07) is 5.33. The first-order valence-corrected chi connectivity index (χ1v) is 8.82. The molecule has 134 valence electrons. The number of nitrogens with one attached hydrogen (secondary N) is 1. The highest BCUT2D eigenvalue weighted by molar-refractivity contribution is 5.61. The molecule has 0 aliphatic rings. The third kappa shape index (κ3) is 3.64. The molecule has 1 unspecified atom stereocenters. The second kappa shape index (κ2) is 7.91. The Hall–Kier alpha value is -3.01. The van der Waals surface area contributed by atoms with E-state index in [1.807, 2.05) is 0 Å². The normalized spacial score (nSPS) is 12.1. The number of unbranched alkanes of at least 4 members (excludes halogenated alkanes) is 1. The van der Waals surface area contributed by atoms with E-state index in [9.17, 15) is 9.65 Å². The van der Waals surface area contributed by atoms with Crippen LogP contribution in [0.2, 0.25) is 0 Å². The molecule has 1 N–H and O–H groups in total. The summed E-state index contributed by atoms with van der Waals surface area (Å²) < 4.78 is 15.2. The zero-order chi connectivity index (χ0) is 18.5. The highest BCUT2D eigenvalue weighted by atomic mass is 19.1. The second-order valence-corrected chi connectivity index (χ2v) is 6.18. The van der Waals surface area contributed by atoms with Gasteiger partial charge in [-0.15, -0.1) is 0 Å². The van der Waals surface area contributed by atoms with E-state index in [1.54, 1.807) is 16.7 Å². The maximum absolute atomic E-state index is 13.6. The van der Waals surface area contributed by atoms with Crippen molar-refractivity contribution in [2.75, 3.05) is 5.32 Å². The van der Waals surface area contributed by atoms with Crippen molar-refractivity contribution in [1.82, 2.24) is 19.4 Å². The van der Waals surface area contributed by atoms with E-state index in [2.05, 4.69) is 40.2 Å². The Bertz CT molecular complexity index is 943. The van der Waals surface area contributed by atoms with Crippen LogP contribution in [0.15, 0.2) is 30.7 Å². The van der Waals surface area contributed by atoms with E-state index < -0.39 is 0 Å². The lowest BCUT2D eigenvalue weighted by Gasteiger charge is -2.18. The number of hydrogen-bond donors (Lipinski definition) is 1. The van der Waals surface area contributed by atoms with Gasteiger partial charge in [0.05, 0.1) is 12.4 Å². The molecule has 1 atom stereocenters. The van der Waals surface area contributed by atoms with Crippen LogP contribution in [0.25, 0.3) is 17.2 Å². The third-order valence-electron chi connectivity index (χ3n) is 4.35. The summed E-state index contributed by atoms with van der Waals surface area (Å²) in [6.45, 7) is 4.26. The summed E-state index contributed by atoms with van der Waals surface area (Å²) in [6.07, 6.45) is 8.62. The van der Waals surface area contributed by atoms with Crippen molar-refractivity contribution in [2.45, 2.75) is 45.6 Å². The Labute approximate surface area is 151 Å². The number of pyridine rings is 1. The van der Waals surface area contributed by atoms with Crippen LogP contribution in [-0.2, 0) is 0 Å². The first-order chi connectivity index (χ1) is 12.7. The molecule has 6 nitrogen and oxygen atoms in total. The van der Waals surface area contributed by atoms with E-state index in [4.69, 9.17) is 0 Å². The predicted molar refractivity (Wildman–Crippen MR) is 98.1 cm³/mol. The number of fused-ring (bicyclic) bond motifs is 1. The summed E-state index contributed by atoms with van der Waals surface area (Å²) in [7, 11) is 0. The lowest BCUT2D eigenvalue weighted by atomic mass is 10.1. The molecule has 3 aromatic rings. The third-order valence-corrected chi connectivity index (χ3v) is 4.35. The number of halogens is 1. The van der Waals surface area contributed by atoms with Gasteiger partial charge in [-0.25, -0.2) is 19.3 Å². The summed E-state index contributed by atoms with van der Waals surface area (Å²) in [5, 5.41) is 12.7. The first-order valence-electron chi connectivity index (χ1n) is 8.82. The molecule has 0 bridgehead atoms. The molecule has 0 aromatic carbocycles. The minimum Gasteiger partial charge on any atom is -0.366 e. The number of hydrogen-bond acceptors (Lipinski definition) is 5. The molecule has 7 heteroatoms. The second-order valence-electron chi connectivity index (χ2n) is 6.18. The summed E-state index contributed by atoms with van der Waals surface area (Å²) in [5.41, 5.74) is 1.58. The average Bonchev–Trinajstić information content (AvgIpc) is 3.07. The molecule has 3 aromatic heterocycles. The van der Waals surface area contributed by atoms with Gasteiger partial charge in [-0.05, 0) is 25.0 Å². The zero-order valence-corrected chi connectivity index (χ0v) is 14.9. The van der Waals surface area contributed by atoms with Crippen molar-refractivity contribution < 1.29 is 4.39 Å². The maximum Gasteiger partial charge on any atom is 0.180 e. The maximum atomic E-state index is 13.6. The summed E-state index contributed by atoms with van der Waals surface area (Å²) >= 11 is 0. The topological polar surface area (TPSA) is 78.9 Å². The van der Waals surface area contributed by atoms with Crippen molar-refractivity contribution in [2.24, 2.45) is 0 Å². The Kier molecular flexibility index (Phi) is 5.42. The van der Waals surface area contributed by atoms with E-state index in [1.165, 1.54) is 18.5 Å². The van der Waals surface area contributed by atoms with Crippen molar-refractivity contribution >= 4 is 11.5 Å². The smallest absolute Gasteiger partial charge is 0.180 e. The number of anilines is 1. The number of rotatable bonds is 7. The Morgan fingerprint density at radius 3 is 2.85 bits per heavy atom. The highest BCUT2D eigenvalue weighted by Crippen LogP contribution is 2.22. The Morgan fingerprint density at radius 2 is 2.12 bits per heavy atom. The number of nitrogens with zero attached hydrogens (tertiary/aromatic N) is 5. The van der Waals surface area contributed by atoms with Gasteiger partial charge in [0.15, 0.2) is 5.82 Å². The van der Waals surface area contributed by atoms with Gasteiger partial charge in [0, 0.05) is 12.2 Å². The van der Waals surface area contributed by atoms with E-state index in [0.717, 1.165) is 25.7 Å². The number of nitriles is 1. The fourth-order valence-corrected chi connectivity index (χ4v) is 2.84. The van der Waals surface area contributed by atoms with Gasteiger partial charge in [0.2, 0.25) is 0 Å². The zero-order valence-electron chi connectivity index (χ0n) is 14.9.